The molecule has 0 spiro atoms. The van der Waals surface area contributed by atoms with Crippen LogP contribution in [-0.2, 0) is 6.54 Å². The topological polar surface area (TPSA) is 53.8 Å². The number of nitrogen functional groups attached to an aromatic ring is 1. The summed E-state index contributed by atoms with van der Waals surface area (Å²) in [5, 5.41) is 4.74. The van der Waals surface area contributed by atoms with Gasteiger partial charge in [-0.15, -0.1) is 0 Å². The normalized spacial score (nSPS) is 10.9. The van der Waals surface area contributed by atoms with Crippen molar-refractivity contribution in [2.24, 2.45) is 0 Å². The fourth-order valence-electron chi connectivity index (χ4n) is 2.67. The maximum absolute atomic E-state index is 6.04. The van der Waals surface area contributed by atoms with Gasteiger partial charge in [0, 0.05) is 23.1 Å². The highest BCUT2D eigenvalue weighted by molar-refractivity contribution is 5.85. The second-order valence-electron chi connectivity index (χ2n) is 5.17. The van der Waals surface area contributed by atoms with Gasteiger partial charge in [0.15, 0.2) is 0 Å². The molecule has 3 rings (SSSR count). The molecule has 0 saturated carbocycles. The molecule has 2 aromatic carbocycles. The summed E-state index contributed by atoms with van der Waals surface area (Å²) in [6.07, 6.45) is 0. The Labute approximate surface area is 118 Å². The van der Waals surface area contributed by atoms with E-state index < -0.39 is 0 Å². The van der Waals surface area contributed by atoms with Crippen molar-refractivity contribution in [3.63, 3.8) is 0 Å². The van der Waals surface area contributed by atoms with E-state index in [2.05, 4.69) is 54.5 Å². The number of hydrogen-bond acceptors (Lipinski definition) is 2. The monoisotopic (exact) mass is 265 g/mol. The molecule has 0 saturated heterocycles. The van der Waals surface area contributed by atoms with Crippen molar-refractivity contribution in [1.29, 1.82) is 0 Å². The fraction of sp³-hybridized carbons (Fsp3) is 0.176. The summed E-state index contributed by atoms with van der Waals surface area (Å²) in [6, 6.07) is 14.4. The molecule has 3 nitrogen and oxygen atoms in total. The zero-order valence-corrected chi connectivity index (χ0v) is 11.8. The van der Waals surface area contributed by atoms with E-state index in [1.807, 2.05) is 12.1 Å². The highest BCUT2D eigenvalue weighted by atomic mass is 14.9. The van der Waals surface area contributed by atoms with Gasteiger partial charge >= 0.3 is 0 Å². The van der Waals surface area contributed by atoms with E-state index in [0.29, 0.717) is 0 Å². The van der Waals surface area contributed by atoms with Crippen molar-refractivity contribution in [3.05, 3.63) is 59.3 Å². The van der Waals surface area contributed by atoms with E-state index in [9.17, 15) is 0 Å². The lowest BCUT2D eigenvalue weighted by atomic mass is 10.1. The quantitative estimate of drug-likeness (QED) is 0.627. The van der Waals surface area contributed by atoms with Gasteiger partial charge in [-0.3, -0.25) is 0 Å². The van der Waals surface area contributed by atoms with Crippen molar-refractivity contribution in [3.8, 4) is 0 Å². The number of benzene rings is 2. The molecule has 102 valence electrons. The van der Waals surface area contributed by atoms with Gasteiger partial charge in [0.05, 0.1) is 11.4 Å². The molecule has 0 amide bonds. The smallest absolute Gasteiger partial charge is 0.0606 e. The Morgan fingerprint density at radius 2 is 1.85 bits per heavy atom. The molecule has 0 unspecified atom stereocenters. The number of nitrogens with one attached hydrogen (secondary N) is 2. The van der Waals surface area contributed by atoms with Gasteiger partial charge in [-0.2, -0.15) is 0 Å². The Morgan fingerprint density at radius 3 is 2.65 bits per heavy atom. The maximum Gasteiger partial charge on any atom is 0.0606 e. The van der Waals surface area contributed by atoms with E-state index in [1.165, 1.54) is 27.7 Å². The number of fused-ring (bicyclic) bond motifs is 1. The predicted molar refractivity (Wildman–Crippen MR) is 86.0 cm³/mol. The zero-order valence-electron chi connectivity index (χ0n) is 11.8. The fourth-order valence-corrected chi connectivity index (χ4v) is 2.67. The summed E-state index contributed by atoms with van der Waals surface area (Å²) < 4.78 is 0. The Hall–Kier alpha value is -2.42. The number of H-pyrrole nitrogens is 1. The van der Waals surface area contributed by atoms with Gasteiger partial charge in [0.1, 0.15) is 0 Å². The van der Waals surface area contributed by atoms with Crippen molar-refractivity contribution < 1.29 is 0 Å². The first kappa shape index (κ1) is 12.6. The number of anilines is 2. The van der Waals surface area contributed by atoms with Crippen LogP contribution in [0.5, 0.6) is 0 Å². The van der Waals surface area contributed by atoms with Gasteiger partial charge in [-0.25, -0.2) is 0 Å². The first-order chi connectivity index (χ1) is 9.66. The summed E-state index contributed by atoms with van der Waals surface area (Å²) in [5.74, 6) is 0. The molecule has 0 fully saturated rings. The molecule has 3 aromatic rings. The summed E-state index contributed by atoms with van der Waals surface area (Å²) >= 11 is 0. The Morgan fingerprint density at radius 1 is 1.05 bits per heavy atom. The van der Waals surface area contributed by atoms with Crippen LogP contribution in [0.15, 0.2) is 42.5 Å². The minimum absolute atomic E-state index is 0.769. The second-order valence-corrected chi connectivity index (χ2v) is 5.17. The third-order valence-electron chi connectivity index (χ3n) is 3.77. The van der Waals surface area contributed by atoms with E-state index in [4.69, 9.17) is 5.73 Å². The number of aromatic nitrogens is 1. The molecule has 1 heterocycles. The lowest BCUT2D eigenvalue weighted by Gasteiger charge is -2.12. The van der Waals surface area contributed by atoms with Gasteiger partial charge in [-0.1, -0.05) is 30.3 Å². The van der Waals surface area contributed by atoms with Crippen LogP contribution in [0.1, 0.15) is 16.8 Å². The highest BCUT2D eigenvalue weighted by Crippen LogP contribution is 2.26. The maximum atomic E-state index is 6.04. The number of rotatable bonds is 3. The second kappa shape index (κ2) is 4.93. The highest BCUT2D eigenvalue weighted by Gasteiger charge is 2.09. The van der Waals surface area contributed by atoms with Gasteiger partial charge in [0.25, 0.3) is 0 Å². The number of hydrogen-bond donors (Lipinski definition) is 3. The first-order valence-electron chi connectivity index (χ1n) is 6.82. The number of aromatic amines is 1. The van der Waals surface area contributed by atoms with Crippen LogP contribution in [0, 0.1) is 13.8 Å². The van der Waals surface area contributed by atoms with Crippen LogP contribution in [-0.4, -0.2) is 4.98 Å². The molecule has 3 heteroatoms. The number of nitrogens with two attached hydrogens (primary N) is 1. The van der Waals surface area contributed by atoms with E-state index >= 15 is 0 Å². The third-order valence-corrected chi connectivity index (χ3v) is 3.77. The van der Waals surface area contributed by atoms with E-state index in [0.717, 1.165) is 17.9 Å². The van der Waals surface area contributed by atoms with Gasteiger partial charge in [0.2, 0.25) is 0 Å². The molecule has 1 aromatic heterocycles. The minimum Gasteiger partial charge on any atom is -0.397 e. The van der Waals surface area contributed by atoms with Crippen molar-refractivity contribution in [2.75, 3.05) is 11.1 Å². The Kier molecular flexibility index (Phi) is 3.11. The Balaban J connectivity index is 1.93. The summed E-state index contributed by atoms with van der Waals surface area (Å²) in [5.41, 5.74) is 12.7. The molecule has 0 atom stereocenters. The third kappa shape index (κ3) is 2.11. The lowest BCUT2D eigenvalue weighted by Crippen LogP contribution is -2.04. The average molecular weight is 265 g/mol. The standard InChI is InChI=1S/C17H19N3/c1-11-6-5-8-15(18)17(11)19-10-14-12(2)20-16-9-4-3-7-13(14)16/h3-9,19-20H,10,18H2,1-2H3. The van der Waals surface area contributed by atoms with Crippen LogP contribution in [0.3, 0.4) is 0 Å². The van der Waals surface area contributed by atoms with Crippen LogP contribution in [0.4, 0.5) is 11.4 Å². The Bertz CT molecular complexity index is 736. The van der Waals surface area contributed by atoms with Crippen LogP contribution < -0.4 is 11.1 Å². The molecule has 4 N–H and O–H groups in total. The lowest BCUT2D eigenvalue weighted by molar-refractivity contribution is 1.11. The van der Waals surface area contributed by atoms with E-state index in [-0.39, 0.29) is 0 Å². The van der Waals surface area contributed by atoms with Crippen LogP contribution >= 0.6 is 0 Å². The van der Waals surface area contributed by atoms with Gasteiger partial charge < -0.3 is 16.0 Å². The van der Waals surface area contributed by atoms with E-state index in [1.54, 1.807) is 0 Å². The summed E-state index contributed by atoms with van der Waals surface area (Å²) in [4.78, 5) is 3.42. The first-order valence-corrected chi connectivity index (χ1v) is 6.82. The minimum atomic E-state index is 0.769. The van der Waals surface area contributed by atoms with Crippen LogP contribution in [0.25, 0.3) is 10.9 Å². The molecule has 20 heavy (non-hydrogen) atoms. The molecular formula is C17H19N3. The molecule has 0 aliphatic heterocycles. The molecule has 0 aliphatic carbocycles. The van der Waals surface area contributed by atoms with Gasteiger partial charge in [-0.05, 0) is 37.1 Å². The number of para-hydroxylation sites is 2. The number of aryl methyl sites for hydroxylation is 2. The molecule has 0 bridgehead atoms. The zero-order chi connectivity index (χ0) is 14.1. The van der Waals surface area contributed by atoms with Crippen LogP contribution in [0.2, 0.25) is 0 Å². The molecular weight excluding hydrogens is 246 g/mol. The van der Waals surface area contributed by atoms with Crippen molar-refractivity contribution >= 4 is 22.3 Å². The SMILES string of the molecule is Cc1cccc(N)c1NCc1c(C)[nH]c2ccccc12. The van der Waals surface area contributed by atoms with Crippen molar-refractivity contribution in [1.82, 2.24) is 4.98 Å². The predicted octanol–water partition coefficient (Wildman–Crippen LogP) is 3.98. The summed E-state index contributed by atoms with van der Waals surface area (Å²) in [6.45, 7) is 4.95. The average Bonchev–Trinajstić information content (AvgIpc) is 2.74. The summed E-state index contributed by atoms with van der Waals surface area (Å²) in [7, 11) is 0. The van der Waals surface area contributed by atoms with Crippen molar-refractivity contribution in [2.45, 2.75) is 20.4 Å². The molecule has 0 aliphatic rings. The molecule has 0 radical (unpaired) electrons. The largest absolute Gasteiger partial charge is 0.397 e.